The smallest absolute Gasteiger partial charge is 0.286 e. The molecule has 1 aromatic rings. The van der Waals surface area contributed by atoms with E-state index >= 15 is 0 Å². The molecule has 0 radical (unpaired) electrons. The Morgan fingerprint density at radius 1 is 1.43 bits per heavy atom. The molecule has 0 aliphatic heterocycles. The second kappa shape index (κ2) is 6.43. The fourth-order valence-corrected chi connectivity index (χ4v) is 1.96. The van der Waals surface area contributed by atoms with Gasteiger partial charge in [-0.25, -0.2) is 0 Å². The van der Waals surface area contributed by atoms with Crippen molar-refractivity contribution < 1.29 is 19.2 Å². The summed E-state index contributed by atoms with van der Waals surface area (Å²) in [6.45, 7) is 2.71. The van der Waals surface area contributed by atoms with Crippen LogP contribution in [-0.2, 0) is 0 Å². The quantitative estimate of drug-likeness (QED) is 0.614. The first-order valence-corrected chi connectivity index (χ1v) is 6.84. The first-order chi connectivity index (χ1) is 10.1. The molecule has 0 unspecified atom stereocenters. The molecule has 7 nitrogen and oxygen atoms in total. The Kier molecular flexibility index (Phi) is 4.62. The Labute approximate surface area is 122 Å². The van der Waals surface area contributed by atoms with Gasteiger partial charge in [-0.15, -0.1) is 0 Å². The van der Waals surface area contributed by atoms with Crippen LogP contribution >= 0.6 is 0 Å². The van der Waals surface area contributed by atoms with E-state index in [1.807, 2.05) is 0 Å². The Morgan fingerprint density at radius 3 is 2.67 bits per heavy atom. The molecule has 0 saturated heterocycles. The van der Waals surface area contributed by atoms with Gasteiger partial charge in [0.2, 0.25) is 0 Å². The summed E-state index contributed by atoms with van der Waals surface area (Å²) in [7, 11) is 1.40. The highest BCUT2D eigenvalue weighted by atomic mass is 16.6. The molecule has 114 valence electrons. The zero-order chi connectivity index (χ0) is 15.4. The maximum absolute atomic E-state index is 12.1. The lowest BCUT2D eigenvalue weighted by Gasteiger charge is -2.12. The minimum Gasteiger partial charge on any atom is -0.493 e. The van der Waals surface area contributed by atoms with E-state index in [-0.39, 0.29) is 17.0 Å². The number of nitro groups is 1. The molecule has 21 heavy (non-hydrogen) atoms. The van der Waals surface area contributed by atoms with Gasteiger partial charge in [-0.05, 0) is 25.7 Å². The van der Waals surface area contributed by atoms with E-state index in [0.717, 1.165) is 12.8 Å². The van der Waals surface area contributed by atoms with Gasteiger partial charge in [-0.1, -0.05) is 0 Å². The van der Waals surface area contributed by atoms with Crippen molar-refractivity contribution in [1.82, 2.24) is 5.32 Å². The summed E-state index contributed by atoms with van der Waals surface area (Å²) in [5.74, 6) is 0.597. The molecular formula is C14H18N2O5. The van der Waals surface area contributed by atoms with Crippen molar-refractivity contribution in [2.75, 3.05) is 20.3 Å². The van der Waals surface area contributed by atoms with Crippen LogP contribution in [0.5, 0.6) is 11.5 Å². The van der Waals surface area contributed by atoms with Gasteiger partial charge in [0.15, 0.2) is 11.5 Å². The van der Waals surface area contributed by atoms with Crippen molar-refractivity contribution in [1.29, 1.82) is 0 Å². The molecule has 0 atom stereocenters. The molecule has 1 aliphatic rings. The van der Waals surface area contributed by atoms with Gasteiger partial charge in [-0.3, -0.25) is 14.9 Å². The molecule has 1 N–H and O–H groups in total. The van der Waals surface area contributed by atoms with Gasteiger partial charge in [0.1, 0.15) is 5.56 Å². The van der Waals surface area contributed by atoms with E-state index < -0.39 is 10.8 Å². The SMILES string of the molecule is CCOc1cc(C(=O)NCC2CC2)c([N+](=O)[O-])cc1OC. The van der Waals surface area contributed by atoms with Gasteiger partial charge in [0.25, 0.3) is 11.6 Å². The Balaban J connectivity index is 2.32. The maximum atomic E-state index is 12.1. The van der Waals surface area contributed by atoms with Crippen LogP contribution in [0.4, 0.5) is 5.69 Å². The van der Waals surface area contributed by atoms with E-state index in [0.29, 0.717) is 24.8 Å². The number of nitrogens with zero attached hydrogens (tertiary/aromatic N) is 1. The summed E-state index contributed by atoms with van der Waals surface area (Å²) in [5.41, 5.74) is -0.298. The summed E-state index contributed by atoms with van der Waals surface area (Å²) in [4.78, 5) is 22.7. The van der Waals surface area contributed by atoms with Crippen LogP contribution in [0, 0.1) is 16.0 Å². The lowest BCUT2D eigenvalue weighted by molar-refractivity contribution is -0.385. The van der Waals surface area contributed by atoms with Gasteiger partial charge in [0.05, 0.1) is 24.7 Å². The van der Waals surface area contributed by atoms with Crippen LogP contribution in [0.1, 0.15) is 30.1 Å². The van der Waals surface area contributed by atoms with Crippen molar-refractivity contribution in [2.24, 2.45) is 5.92 Å². The van der Waals surface area contributed by atoms with Gasteiger partial charge >= 0.3 is 0 Å². The van der Waals surface area contributed by atoms with E-state index in [2.05, 4.69) is 5.32 Å². The predicted octanol–water partition coefficient (Wildman–Crippen LogP) is 2.14. The number of nitrogens with one attached hydrogen (secondary N) is 1. The van der Waals surface area contributed by atoms with Crippen molar-refractivity contribution in [3.63, 3.8) is 0 Å². The van der Waals surface area contributed by atoms with E-state index in [4.69, 9.17) is 9.47 Å². The van der Waals surface area contributed by atoms with E-state index in [9.17, 15) is 14.9 Å². The summed E-state index contributed by atoms with van der Waals surface area (Å²) >= 11 is 0. The van der Waals surface area contributed by atoms with E-state index in [1.54, 1.807) is 6.92 Å². The summed E-state index contributed by atoms with van der Waals surface area (Å²) in [5, 5.41) is 13.9. The minimum absolute atomic E-state index is 0.00935. The molecule has 2 rings (SSSR count). The first-order valence-electron chi connectivity index (χ1n) is 6.84. The summed E-state index contributed by atoms with van der Waals surface area (Å²) < 4.78 is 10.4. The number of methoxy groups -OCH3 is 1. The molecule has 0 spiro atoms. The highest BCUT2D eigenvalue weighted by Crippen LogP contribution is 2.35. The molecule has 0 aromatic heterocycles. The number of amides is 1. The fourth-order valence-electron chi connectivity index (χ4n) is 1.96. The number of hydrogen-bond donors (Lipinski definition) is 1. The molecule has 0 heterocycles. The number of nitro benzene ring substituents is 1. The van der Waals surface area contributed by atoms with Crippen LogP contribution in [-0.4, -0.2) is 31.1 Å². The van der Waals surface area contributed by atoms with Crippen molar-refractivity contribution in [3.05, 3.63) is 27.8 Å². The van der Waals surface area contributed by atoms with E-state index in [1.165, 1.54) is 19.2 Å². The normalized spacial score (nSPS) is 13.6. The molecule has 1 aromatic carbocycles. The second-order valence-corrected chi connectivity index (χ2v) is 4.86. The minimum atomic E-state index is -0.593. The predicted molar refractivity (Wildman–Crippen MR) is 75.9 cm³/mol. The average molecular weight is 294 g/mol. The lowest BCUT2D eigenvalue weighted by atomic mass is 10.1. The Bertz CT molecular complexity index is 555. The van der Waals surface area contributed by atoms with Crippen LogP contribution in [0.3, 0.4) is 0 Å². The largest absolute Gasteiger partial charge is 0.493 e. The molecule has 1 aliphatic carbocycles. The zero-order valence-corrected chi connectivity index (χ0v) is 12.0. The molecular weight excluding hydrogens is 276 g/mol. The number of ether oxygens (including phenoxy) is 2. The highest BCUT2D eigenvalue weighted by molar-refractivity contribution is 5.99. The van der Waals surface area contributed by atoms with Crippen LogP contribution in [0.15, 0.2) is 12.1 Å². The third-order valence-electron chi connectivity index (χ3n) is 3.27. The first kappa shape index (κ1) is 15.1. The molecule has 1 amide bonds. The van der Waals surface area contributed by atoms with Gasteiger partial charge in [0, 0.05) is 12.6 Å². The Hall–Kier alpha value is -2.31. The molecule has 1 fully saturated rings. The number of carbonyl (C=O) groups excluding carboxylic acids is 1. The monoisotopic (exact) mass is 294 g/mol. The van der Waals surface area contributed by atoms with Crippen molar-refractivity contribution in [2.45, 2.75) is 19.8 Å². The van der Waals surface area contributed by atoms with Crippen LogP contribution in [0.2, 0.25) is 0 Å². The molecule has 1 saturated carbocycles. The highest BCUT2D eigenvalue weighted by Gasteiger charge is 2.27. The van der Waals surface area contributed by atoms with Crippen molar-refractivity contribution >= 4 is 11.6 Å². The fraction of sp³-hybridized carbons (Fsp3) is 0.500. The topological polar surface area (TPSA) is 90.7 Å². The third kappa shape index (κ3) is 3.62. The second-order valence-electron chi connectivity index (χ2n) is 4.86. The summed E-state index contributed by atoms with van der Waals surface area (Å²) in [6.07, 6.45) is 2.18. The van der Waals surface area contributed by atoms with Crippen LogP contribution in [0.25, 0.3) is 0 Å². The molecule has 0 bridgehead atoms. The average Bonchev–Trinajstić information content (AvgIpc) is 3.28. The number of benzene rings is 1. The standard InChI is InChI=1S/C14H18N2O5/c1-3-21-13-6-10(14(17)15-8-9-4-5-9)11(16(18)19)7-12(13)20-2/h6-7,9H,3-5,8H2,1-2H3,(H,15,17). The number of rotatable bonds is 7. The number of carbonyl (C=O) groups is 1. The lowest BCUT2D eigenvalue weighted by Crippen LogP contribution is -2.26. The number of hydrogen-bond acceptors (Lipinski definition) is 5. The zero-order valence-electron chi connectivity index (χ0n) is 12.0. The Morgan fingerprint density at radius 2 is 2.14 bits per heavy atom. The van der Waals surface area contributed by atoms with Crippen LogP contribution < -0.4 is 14.8 Å². The molecule has 7 heteroatoms. The van der Waals surface area contributed by atoms with Crippen molar-refractivity contribution in [3.8, 4) is 11.5 Å². The van der Waals surface area contributed by atoms with Gasteiger partial charge in [-0.2, -0.15) is 0 Å². The summed E-state index contributed by atoms with van der Waals surface area (Å²) in [6, 6.07) is 2.58. The van der Waals surface area contributed by atoms with Gasteiger partial charge < -0.3 is 14.8 Å². The maximum Gasteiger partial charge on any atom is 0.286 e. The third-order valence-corrected chi connectivity index (χ3v) is 3.27.